The van der Waals surface area contributed by atoms with Crippen LogP contribution >= 0.6 is 0 Å². The van der Waals surface area contributed by atoms with E-state index < -0.39 is 40.7 Å². The minimum Gasteiger partial charge on any atom is -0.387 e. The number of carbonyl (C=O) groups excluding carboxylic acids is 1. The average molecular weight is 522 g/mol. The summed E-state index contributed by atoms with van der Waals surface area (Å²) in [7, 11) is 0. The molecule has 0 spiro atoms. The number of nitrogens with zero attached hydrogens (tertiary/aromatic N) is 5. The molecule has 0 saturated heterocycles. The van der Waals surface area contributed by atoms with Crippen LogP contribution in [0.3, 0.4) is 0 Å². The maximum Gasteiger partial charge on any atom is 0.417 e. The summed E-state index contributed by atoms with van der Waals surface area (Å²) >= 11 is 0. The van der Waals surface area contributed by atoms with E-state index >= 15 is 4.39 Å². The fourth-order valence-corrected chi connectivity index (χ4v) is 3.99. The van der Waals surface area contributed by atoms with Gasteiger partial charge in [0.15, 0.2) is 11.5 Å². The fourth-order valence-electron chi connectivity index (χ4n) is 3.99. The third kappa shape index (κ3) is 4.57. The lowest BCUT2D eigenvalue weighted by Gasteiger charge is -2.16. The fraction of sp³-hybridized carbons (Fsp3) is 0.115. The first-order valence-electron chi connectivity index (χ1n) is 11.2. The van der Waals surface area contributed by atoms with Crippen molar-refractivity contribution in [1.82, 2.24) is 24.3 Å². The number of hydrogen-bond donors (Lipinski definition) is 2. The lowest BCUT2D eigenvalue weighted by Crippen LogP contribution is -2.18. The Morgan fingerprint density at radius 3 is 2.39 bits per heavy atom. The highest BCUT2D eigenvalue weighted by Gasteiger charge is 2.36. The van der Waals surface area contributed by atoms with E-state index in [1.54, 1.807) is 30.3 Å². The van der Waals surface area contributed by atoms with Crippen LogP contribution in [0, 0.1) is 5.82 Å². The Bertz CT molecular complexity index is 1640. The van der Waals surface area contributed by atoms with Gasteiger partial charge in [-0.25, -0.2) is 24.3 Å². The topological polar surface area (TPSA) is 105 Å². The molecule has 5 rings (SSSR count). The second kappa shape index (κ2) is 9.63. The number of aliphatic hydroxyl groups is 1. The van der Waals surface area contributed by atoms with E-state index in [9.17, 15) is 23.1 Å². The van der Waals surface area contributed by atoms with Crippen LogP contribution in [0.1, 0.15) is 34.6 Å². The number of aliphatic hydroxyl groups excluding tert-OH is 1. The number of amides is 1. The number of carbonyl (C=O) groups is 1. The van der Waals surface area contributed by atoms with Gasteiger partial charge in [0.2, 0.25) is 0 Å². The van der Waals surface area contributed by atoms with Crippen LogP contribution in [0.25, 0.3) is 28.3 Å². The molecular formula is C26H18F4N6O2. The molecule has 0 aliphatic carbocycles. The van der Waals surface area contributed by atoms with Gasteiger partial charge in [0.05, 0.1) is 34.8 Å². The predicted molar refractivity (Wildman–Crippen MR) is 129 cm³/mol. The molecule has 38 heavy (non-hydrogen) atoms. The Hall–Kier alpha value is -4.71. The van der Waals surface area contributed by atoms with Crippen molar-refractivity contribution in [1.29, 1.82) is 0 Å². The van der Waals surface area contributed by atoms with Gasteiger partial charge in [-0.3, -0.25) is 9.20 Å². The van der Waals surface area contributed by atoms with Gasteiger partial charge in [0.25, 0.3) is 5.91 Å². The molecular weight excluding hydrogens is 504 g/mol. The maximum absolute atomic E-state index is 15.0. The van der Waals surface area contributed by atoms with Crippen LogP contribution in [0.15, 0.2) is 73.4 Å². The van der Waals surface area contributed by atoms with Crippen molar-refractivity contribution in [2.45, 2.75) is 19.2 Å². The number of aromatic nitrogens is 5. The van der Waals surface area contributed by atoms with E-state index in [2.05, 4.69) is 25.3 Å². The van der Waals surface area contributed by atoms with Crippen molar-refractivity contribution in [3.05, 3.63) is 96.1 Å². The zero-order valence-corrected chi connectivity index (χ0v) is 19.6. The highest BCUT2D eigenvalue weighted by Crippen LogP contribution is 2.38. The van der Waals surface area contributed by atoms with E-state index in [-0.39, 0.29) is 28.9 Å². The molecule has 1 unspecified atom stereocenters. The molecule has 8 nitrogen and oxygen atoms in total. The van der Waals surface area contributed by atoms with E-state index in [0.717, 1.165) is 6.07 Å². The van der Waals surface area contributed by atoms with Crippen LogP contribution in [0.4, 0.5) is 23.2 Å². The summed E-state index contributed by atoms with van der Waals surface area (Å²) < 4.78 is 57.6. The summed E-state index contributed by atoms with van der Waals surface area (Å²) in [6, 6.07) is 11.2. The van der Waals surface area contributed by atoms with E-state index in [4.69, 9.17) is 0 Å². The Kier molecular flexibility index (Phi) is 6.33. The van der Waals surface area contributed by atoms with Crippen LogP contribution in [-0.4, -0.2) is 35.4 Å². The molecule has 0 saturated carbocycles. The molecule has 3 heterocycles. The van der Waals surface area contributed by atoms with Crippen molar-refractivity contribution in [3.8, 4) is 22.6 Å². The highest BCUT2D eigenvalue weighted by molar-refractivity contribution is 6.09. The van der Waals surface area contributed by atoms with Crippen LogP contribution in [0.5, 0.6) is 0 Å². The molecule has 0 aliphatic rings. The number of imidazole rings is 1. The number of fused-ring (bicyclic) bond motifs is 1. The largest absolute Gasteiger partial charge is 0.417 e. The van der Waals surface area contributed by atoms with Crippen LogP contribution in [-0.2, 0) is 6.18 Å². The lowest BCUT2D eigenvalue weighted by molar-refractivity contribution is -0.137. The second-order valence-electron chi connectivity index (χ2n) is 8.29. The summed E-state index contributed by atoms with van der Waals surface area (Å²) in [6.45, 7) is 1.53. The summed E-state index contributed by atoms with van der Waals surface area (Å²) in [5.74, 6) is -2.75. The standard InChI is InChI=1S/C26H18F4N6O2/c1-14(37)20-12-33-24-22(21(34-13-36(20)24)15-6-3-2-4-7-15)35-25(38)17-10-16(23-31-8-5-9-32-23)18(11-19(17)27)26(28,29)30/h2-14,37H,1H3,(H,35,38). The Morgan fingerprint density at radius 1 is 1.03 bits per heavy atom. The first-order valence-corrected chi connectivity index (χ1v) is 11.2. The summed E-state index contributed by atoms with van der Waals surface area (Å²) in [5, 5.41) is 12.7. The smallest absolute Gasteiger partial charge is 0.387 e. The van der Waals surface area contributed by atoms with Gasteiger partial charge in [-0.05, 0) is 25.1 Å². The van der Waals surface area contributed by atoms with Gasteiger partial charge in [0, 0.05) is 23.5 Å². The van der Waals surface area contributed by atoms with Crippen LogP contribution < -0.4 is 5.32 Å². The van der Waals surface area contributed by atoms with Gasteiger partial charge >= 0.3 is 6.18 Å². The first kappa shape index (κ1) is 25.0. The average Bonchev–Trinajstić information content (AvgIpc) is 3.34. The Labute approximate surface area is 212 Å². The molecule has 1 amide bonds. The number of halogens is 4. The first-order chi connectivity index (χ1) is 18.1. The number of nitrogens with one attached hydrogen (secondary N) is 1. The van der Waals surface area contributed by atoms with E-state index in [1.165, 1.54) is 42.3 Å². The summed E-state index contributed by atoms with van der Waals surface area (Å²) in [5.41, 5.74) is -1.00. The molecule has 5 aromatic rings. The SMILES string of the molecule is CC(O)c1cnc2c(NC(=O)c3cc(-c4ncccn4)c(C(F)(F)F)cc3F)c(-c3ccccc3)ncn12. The number of rotatable bonds is 5. The van der Waals surface area contributed by atoms with E-state index in [1.807, 2.05) is 0 Å². The van der Waals surface area contributed by atoms with Crippen LogP contribution in [0.2, 0.25) is 0 Å². The van der Waals surface area contributed by atoms with Gasteiger partial charge in [-0.15, -0.1) is 0 Å². The molecule has 12 heteroatoms. The van der Waals surface area contributed by atoms with Gasteiger partial charge in [0.1, 0.15) is 17.8 Å². The minimum atomic E-state index is -4.92. The maximum atomic E-state index is 15.0. The van der Waals surface area contributed by atoms with Gasteiger partial charge in [-0.2, -0.15) is 13.2 Å². The third-order valence-corrected chi connectivity index (χ3v) is 5.77. The second-order valence-corrected chi connectivity index (χ2v) is 8.29. The van der Waals surface area contributed by atoms with Gasteiger partial charge in [-0.1, -0.05) is 30.3 Å². The molecule has 2 aromatic carbocycles. The molecule has 0 radical (unpaired) electrons. The molecule has 0 aliphatic heterocycles. The quantitative estimate of drug-likeness (QED) is 0.303. The molecule has 192 valence electrons. The lowest BCUT2D eigenvalue weighted by atomic mass is 10.0. The van der Waals surface area contributed by atoms with Crippen molar-refractivity contribution in [2.24, 2.45) is 0 Å². The highest BCUT2D eigenvalue weighted by atomic mass is 19.4. The number of anilines is 1. The molecule has 3 aromatic heterocycles. The van der Waals surface area contributed by atoms with Crippen molar-refractivity contribution < 1.29 is 27.5 Å². The normalized spacial score (nSPS) is 12.5. The number of benzene rings is 2. The number of alkyl halides is 3. The Balaban J connectivity index is 1.66. The van der Waals surface area contributed by atoms with E-state index in [0.29, 0.717) is 11.3 Å². The third-order valence-electron chi connectivity index (χ3n) is 5.77. The molecule has 0 bridgehead atoms. The zero-order chi connectivity index (χ0) is 27.0. The van der Waals surface area contributed by atoms with Crippen molar-refractivity contribution in [2.75, 3.05) is 5.32 Å². The number of hydrogen-bond acceptors (Lipinski definition) is 6. The molecule has 2 N–H and O–H groups in total. The molecule has 0 fully saturated rings. The molecule has 1 atom stereocenters. The van der Waals surface area contributed by atoms with Crippen molar-refractivity contribution in [3.63, 3.8) is 0 Å². The van der Waals surface area contributed by atoms with Gasteiger partial charge < -0.3 is 10.4 Å². The monoisotopic (exact) mass is 522 g/mol. The Morgan fingerprint density at radius 2 is 1.74 bits per heavy atom. The summed E-state index contributed by atoms with van der Waals surface area (Å²) in [4.78, 5) is 29.7. The summed E-state index contributed by atoms with van der Waals surface area (Å²) in [6.07, 6.45) is -0.543. The minimum absolute atomic E-state index is 0.0763. The predicted octanol–water partition coefficient (Wildman–Crippen LogP) is 5.32. The zero-order valence-electron chi connectivity index (χ0n) is 19.6. The van der Waals surface area contributed by atoms with Crippen molar-refractivity contribution >= 4 is 17.2 Å².